The molecule has 0 fully saturated rings. The third kappa shape index (κ3) is 2.61. The predicted molar refractivity (Wildman–Crippen MR) is 77.0 cm³/mol. The Labute approximate surface area is 116 Å². The van der Waals surface area contributed by atoms with Gasteiger partial charge >= 0.3 is 5.97 Å². The number of rotatable bonds is 4. The van der Waals surface area contributed by atoms with Crippen molar-refractivity contribution in [2.45, 2.75) is 40.5 Å². The van der Waals surface area contributed by atoms with Gasteiger partial charge in [-0.25, -0.2) is 14.8 Å². The number of hydrogen-bond acceptors (Lipinski definition) is 4. The molecule has 0 aromatic carbocycles. The second-order valence-electron chi connectivity index (χ2n) is 5.06. The fourth-order valence-corrected chi connectivity index (χ4v) is 3.38. The van der Waals surface area contributed by atoms with E-state index in [0.29, 0.717) is 18.2 Å². The molecule has 2 aromatic rings. The molecule has 0 bridgehead atoms. The molecule has 0 aliphatic carbocycles. The van der Waals surface area contributed by atoms with Gasteiger partial charge in [-0.2, -0.15) is 0 Å². The molecule has 2 rings (SSSR count). The third-order valence-corrected chi connectivity index (χ3v) is 4.09. The van der Waals surface area contributed by atoms with E-state index in [1.165, 1.54) is 0 Å². The Balaban J connectivity index is 2.72. The number of nitrogens with zero attached hydrogens (tertiary/aromatic N) is 2. The molecule has 2 aromatic heterocycles. The van der Waals surface area contributed by atoms with E-state index in [4.69, 9.17) is 0 Å². The van der Waals surface area contributed by atoms with Crippen molar-refractivity contribution in [1.29, 1.82) is 0 Å². The van der Waals surface area contributed by atoms with Crippen molar-refractivity contribution < 1.29 is 9.90 Å². The van der Waals surface area contributed by atoms with E-state index in [0.717, 1.165) is 27.1 Å². The number of aromatic carboxylic acids is 1. The Morgan fingerprint density at radius 2 is 2.05 bits per heavy atom. The number of carboxylic acids is 1. The van der Waals surface area contributed by atoms with Gasteiger partial charge in [-0.05, 0) is 24.8 Å². The zero-order chi connectivity index (χ0) is 14.2. The molecule has 0 radical (unpaired) electrons. The van der Waals surface area contributed by atoms with Gasteiger partial charge in [0, 0.05) is 16.7 Å². The van der Waals surface area contributed by atoms with Gasteiger partial charge in [0.05, 0.1) is 0 Å². The van der Waals surface area contributed by atoms with Crippen LogP contribution in [0.5, 0.6) is 0 Å². The Bertz CT molecular complexity index is 632. The van der Waals surface area contributed by atoms with Crippen LogP contribution in [0, 0.1) is 12.8 Å². The van der Waals surface area contributed by atoms with Gasteiger partial charge in [-0.1, -0.05) is 20.8 Å². The van der Waals surface area contributed by atoms with Crippen molar-refractivity contribution in [3.63, 3.8) is 0 Å². The summed E-state index contributed by atoms with van der Waals surface area (Å²) < 4.78 is 0. The minimum absolute atomic E-state index is 0.154. The lowest BCUT2D eigenvalue weighted by atomic mass is 10.1. The van der Waals surface area contributed by atoms with Crippen LogP contribution >= 0.6 is 11.3 Å². The number of aryl methyl sites for hydroxylation is 2. The molecule has 0 aliphatic rings. The van der Waals surface area contributed by atoms with Crippen molar-refractivity contribution in [2.24, 2.45) is 5.92 Å². The monoisotopic (exact) mass is 278 g/mol. The Morgan fingerprint density at radius 3 is 2.58 bits per heavy atom. The summed E-state index contributed by atoms with van der Waals surface area (Å²) >= 11 is 1.56. The molecule has 0 saturated heterocycles. The second-order valence-corrected chi connectivity index (χ2v) is 6.27. The molecular formula is C14H18N2O2S. The van der Waals surface area contributed by atoms with Crippen LogP contribution in [-0.4, -0.2) is 21.0 Å². The smallest absolute Gasteiger partial charge is 0.355 e. The van der Waals surface area contributed by atoms with E-state index in [-0.39, 0.29) is 5.69 Å². The molecule has 0 unspecified atom stereocenters. The minimum atomic E-state index is -0.968. The van der Waals surface area contributed by atoms with E-state index in [1.54, 1.807) is 11.3 Å². The summed E-state index contributed by atoms with van der Waals surface area (Å²) in [6.07, 6.45) is 1.51. The molecule has 0 atom stereocenters. The van der Waals surface area contributed by atoms with Crippen molar-refractivity contribution in [2.75, 3.05) is 0 Å². The van der Waals surface area contributed by atoms with Crippen LogP contribution in [0.2, 0.25) is 0 Å². The first-order valence-corrected chi connectivity index (χ1v) is 7.27. The fraction of sp³-hybridized carbons (Fsp3) is 0.500. The van der Waals surface area contributed by atoms with Gasteiger partial charge in [0.15, 0.2) is 5.69 Å². The van der Waals surface area contributed by atoms with Gasteiger partial charge < -0.3 is 5.11 Å². The van der Waals surface area contributed by atoms with Crippen LogP contribution in [0.15, 0.2) is 0 Å². The number of thiophene rings is 1. The number of aromatic nitrogens is 2. The number of fused-ring (bicyclic) bond motifs is 1. The maximum absolute atomic E-state index is 11.4. The number of hydrogen-bond donors (Lipinski definition) is 1. The molecule has 102 valence electrons. The summed E-state index contributed by atoms with van der Waals surface area (Å²) in [6, 6.07) is 0. The van der Waals surface area contributed by atoms with Gasteiger partial charge in [0.25, 0.3) is 0 Å². The van der Waals surface area contributed by atoms with Crippen LogP contribution in [0.4, 0.5) is 0 Å². The number of carbonyl (C=O) groups is 1. The summed E-state index contributed by atoms with van der Waals surface area (Å²) in [5.41, 5.74) is 1.22. The highest BCUT2D eigenvalue weighted by atomic mass is 32.1. The summed E-state index contributed by atoms with van der Waals surface area (Å²) in [4.78, 5) is 22.2. The molecule has 19 heavy (non-hydrogen) atoms. The predicted octanol–water partition coefficient (Wildman–Crippen LogP) is 3.46. The van der Waals surface area contributed by atoms with E-state index in [2.05, 4.69) is 23.8 Å². The summed E-state index contributed by atoms with van der Waals surface area (Å²) in [5.74, 6) is 0.0690. The normalized spacial score (nSPS) is 11.4. The standard InChI is InChI=1S/C14H18N2O2S/c1-5-9-8(4)19-13-11(9)12(14(17)18)15-10(16-13)6-7(2)3/h7H,5-6H2,1-4H3,(H,17,18). The first kappa shape index (κ1) is 13.9. The first-order valence-electron chi connectivity index (χ1n) is 6.46. The van der Waals surface area contributed by atoms with Crippen molar-refractivity contribution >= 4 is 27.5 Å². The average Bonchev–Trinajstić information content (AvgIpc) is 2.62. The van der Waals surface area contributed by atoms with Crippen LogP contribution in [-0.2, 0) is 12.8 Å². The summed E-state index contributed by atoms with van der Waals surface area (Å²) in [6.45, 7) is 8.19. The Kier molecular flexibility index (Phi) is 3.85. The van der Waals surface area contributed by atoms with Gasteiger partial charge in [0.2, 0.25) is 0 Å². The zero-order valence-electron chi connectivity index (χ0n) is 11.6. The summed E-state index contributed by atoms with van der Waals surface area (Å²) in [7, 11) is 0. The van der Waals surface area contributed by atoms with Crippen LogP contribution < -0.4 is 0 Å². The molecule has 4 nitrogen and oxygen atoms in total. The zero-order valence-corrected chi connectivity index (χ0v) is 12.5. The topological polar surface area (TPSA) is 63.1 Å². The maximum atomic E-state index is 11.4. The molecular weight excluding hydrogens is 260 g/mol. The average molecular weight is 278 g/mol. The fourth-order valence-electron chi connectivity index (χ4n) is 2.25. The van der Waals surface area contributed by atoms with E-state index in [1.807, 2.05) is 13.8 Å². The lowest BCUT2D eigenvalue weighted by Gasteiger charge is -2.06. The van der Waals surface area contributed by atoms with Crippen molar-refractivity contribution in [3.8, 4) is 0 Å². The summed E-state index contributed by atoms with van der Waals surface area (Å²) in [5, 5.41) is 10.1. The van der Waals surface area contributed by atoms with Crippen LogP contribution in [0.1, 0.15) is 47.5 Å². The van der Waals surface area contributed by atoms with Crippen LogP contribution in [0.25, 0.3) is 10.2 Å². The number of carboxylic acid groups (broad SMARTS) is 1. The lowest BCUT2D eigenvalue weighted by molar-refractivity contribution is 0.0692. The molecule has 0 spiro atoms. The highest BCUT2D eigenvalue weighted by molar-refractivity contribution is 7.18. The molecule has 2 heterocycles. The Hall–Kier alpha value is -1.49. The molecule has 0 aliphatic heterocycles. The van der Waals surface area contributed by atoms with Crippen LogP contribution in [0.3, 0.4) is 0 Å². The molecule has 0 amide bonds. The van der Waals surface area contributed by atoms with Crippen molar-refractivity contribution in [3.05, 3.63) is 22.0 Å². The SMILES string of the molecule is CCc1c(C)sc2nc(CC(C)C)nc(C(=O)O)c12. The van der Waals surface area contributed by atoms with Crippen molar-refractivity contribution in [1.82, 2.24) is 9.97 Å². The third-order valence-electron chi connectivity index (χ3n) is 3.05. The van der Waals surface area contributed by atoms with E-state index < -0.39 is 5.97 Å². The van der Waals surface area contributed by atoms with Gasteiger partial charge in [-0.15, -0.1) is 11.3 Å². The quantitative estimate of drug-likeness (QED) is 0.930. The van der Waals surface area contributed by atoms with Gasteiger partial charge in [-0.3, -0.25) is 0 Å². The highest BCUT2D eigenvalue weighted by Gasteiger charge is 2.20. The largest absolute Gasteiger partial charge is 0.476 e. The maximum Gasteiger partial charge on any atom is 0.355 e. The molecule has 1 N–H and O–H groups in total. The Morgan fingerprint density at radius 1 is 1.37 bits per heavy atom. The highest BCUT2D eigenvalue weighted by Crippen LogP contribution is 2.32. The minimum Gasteiger partial charge on any atom is -0.476 e. The lowest BCUT2D eigenvalue weighted by Crippen LogP contribution is -2.08. The molecule has 5 heteroatoms. The van der Waals surface area contributed by atoms with E-state index in [9.17, 15) is 9.90 Å². The first-order chi connectivity index (χ1) is 8.93. The van der Waals surface area contributed by atoms with Gasteiger partial charge in [0.1, 0.15) is 10.7 Å². The second kappa shape index (κ2) is 5.25. The van der Waals surface area contributed by atoms with E-state index >= 15 is 0 Å². The molecule has 0 saturated carbocycles.